The molecule has 3 atom stereocenters. The molecule has 2 aromatic carbocycles. The van der Waals surface area contributed by atoms with Crippen molar-refractivity contribution in [1.29, 1.82) is 0 Å². The molecule has 1 fully saturated rings. The average Bonchev–Trinajstić information content (AvgIpc) is 3.03. The number of carbonyl (C=O) groups is 1. The van der Waals surface area contributed by atoms with Crippen LogP contribution in [0.3, 0.4) is 0 Å². The Labute approximate surface area is 142 Å². The van der Waals surface area contributed by atoms with Crippen molar-refractivity contribution >= 4 is 5.78 Å². The number of carbonyl (C=O) groups excluding carboxylic acids is 1. The van der Waals surface area contributed by atoms with Gasteiger partial charge in [0, 0.05) is 25.4 Å². The zero-order valence-electron chi connectivity index (χ0n) is 14.2. The molecule has 0 N–H and O–H groups in total. The number of benzene rings is 2. The lowest BCUT2D eigenvalue weighted by atomic mass is 9.46. The highest BCUT2D eigenvalue weighted by molar-refractivity contribution is 5.88. The second-order valence-corrected chi connectivity index (χ2v) is 7.54. The molecule has 0 radical (unpaired) electrons. The van der Waals surface area contributed by atoms with Gasteiger partial charge in [0.15, 0.2) is 0 Å². The molecule has 122 valence electrons. The summed E-state index contributed by atoms with van der Waals surface area (Å²) in [5.74, 6) is 1.15. The van der Waals surface area contributed by atoms with Crippen LogP contribution in [0.15, 0.2) is 48.5 Å². The maximum absolute atomic E-state index is 12.8. The number of hydrogen-bond acceptors (Lipinski definition) is 2. The first-order valence-corrected chi connectivity index (χ1v) is 8.95. The lowest BCUT2D eigenvalue weighted by molar-refractivity contribution is -0.123. The van der Waals surface area contributed by atoms with Gasteiger partial charge in [-0.1, -0.05) is 48.5 Å². The van der Waals surface area contributed by atoms with Crippen molar-refractivity contribution in [2.45, 2.75) is 37.2 Å². The minimum Gasteiger partial charge on any atom is -0.380 e. The van der Waals surface area contributed by atoms with Crippen LogP contribution < -0.4 is 0 Å². The lowest BCUT2D eigenvalue weighted by Crippen LogP contribution is -2.57. The Hall–Kier alpha value is -1.93. The highest BCUT2D eigenvalue weighted by Gasteiger charge is 2.64. The first-order chi connectivity index (χ1) is 11.7. The number of methoxy groups -OCH3 is 1. The first-order valence-electron chi connectivity index (χ1n) is 8.95. The molecule has 0 spiro atoms. The van der Waals surface area contributed by atoms with E-state index in [2.05, 4.69) is 55.5 Å². The van der Waals surface area contributed by atoms with Crippen LogP contribution in [0.4, 0.5) is 0 Å². The summed E-state index contributed by atoms with van der Waals surface area (Å²) in [7, 11) is 1.80. The van der Waals surface area contributed by atoms with Gasteiger partial charge >= 0.3 is 0 Å². The molecule has 2 heteroatoms. The molecule has 2 bridgehead atoms. The molecule has 4 aliphatic carbocycles. The van der Waals surface area contributed by atoms with Gasteiger partial charge in [-0.3, -0.25) is 4.79 Å². The van der Waals surface area contributed by atoms with Gasteiger partial charge in [0.1, 0.15) is 5.78 Å². The third kappa shape index (κ3) is 1.45. The van der Waals surface area contributed by atoms with Gasteiger partial charge in [-0.2, -0.15) is 0 Å². The second kappa shape index (κ2) is 4.80. The van der Waals surface area contributed by atoms with Crippen LogP contribution in [-0.2, 0) is 14.9 Å². The lowest BCUT2D eigenvalue weighted by Gasteiger charge is -2.57. The van der Waals surface area contributed by atoms with Gasteiger partial charge in [-0.05, 0) is 41.5 Å². The van der Waals surface area contributed by atoms with Crippen molar-refractivity contribution < 1.29 is 9.53 Å². The van der Waals surface area contributed by atoms with E-state index in [0.29, 0.717) is 18.1 Å². The SMILES string of the molecule is CO[C@@H](C)C12c3ccccc3C(c3ccccc31)[C@@H]1C(=O)CC[C@@H]12. The van der Waals surface area contributed by atoms with Crippen LogP contribution in [0.25, 0.3) is 0 Å². The van der Waals surface area contributed by atoms with E-state index < -0.39 is 0 Å². The molecule has 24 heavy (non-hydrogen) atoms. The van der Waals surface area contributed by atoms with Crippen molar-refractivity contribution in [2.75, 3.05) is 7.11 Å². The van der Waals surface area contributed by atoms with Crippen molar-refractivity contribution in [3.05, 3.63) is 70.8 Å². The molecule has 6 rings (SSSR count). The highest BCUT2D eigenvalue weighted by Crippen LogP contribution is 2.66. The van der Waals surface area contributed by atoms with Crippen molar-refractivity contribution in [2.24, 2.45) is 11.8 Å². The van der Waals surface area contributed by atoms with E-state index in [1.807, 2.05) is 0 Å². The maximum Gasteiger partial charge on any atom is 0.137 e. The Morgan fingerprint density at radius 1 is 1.04 bits per heavy atom. The summed E-state index contributed by atoms with van der Waals surface area (Å²) in [4.78, 5) is 12.8. The van der Waals surface area contributed by atoms with E-state index in [-0.39, 0.29) is 23.4 Å². The quantitative estimate of drug-likeness (QED) is 0.834. The number of rotatable bonds is 2. The highest BCUT2D eigenvalue weighted by atomic mass is 16.5. The van der Waals surface area contributed by atoms with Crippen LogP contribution in [0.5, 0.6) is 0 Å². The third-order valence-corrected chi connectivity index (χ3v) is 6.93. The summed E-state index contributed by atoms with van der Waals surface area (Å²) >= 11 is 0. The van der Waals surface area contributed by atoms with E-state index in [1.165, 1.54) is 22.3 Å². The first kappa shape index (κ1) is 14.4. The van der Waals surface area contributed by atoms with Crippen molar-refractivity contribution in [1.82, 2.24) is 0 Å². The molecule has 2 nitrogen and oxygen atoms in total. The minimum absolute atomic E-state index is 0.0412. The second-order valence-electron chi connectivity index (χ2n) is 7.54. The Morgan fingerprint density at radius 3 is 2.21 bits per heavy atom. The Kier molecular flexibility index (Phi) is 2.88. The standard InChI is InChI=1S/C22H22O2/c1-13(24-2)22-16-9-5-3-7-14(16)20(15-8-4-6-10-17(15)22)21-18(22)11-12-19(21)23/h3-10,13,18,20-21H,11-12H2,1-2H3/t13-,18-,20?,21-,22?/m0/s1. The molecular formula is C22H22O2. The summed E-state index contributed by atoms with van der Waals surface area (Å²) in [6, 6.07) is 17.5. The Bertz CT molecular complexity index is 790. The average molecular weight is 318 g/mol. The summed E-state index contributed by atoms with van der Waals surface area (Å²) < 4.78 is 5.95. The van der Waals surface area contributed by atoms with E-state index >= 15 is 0 Å². The van der Waals surface area contributed by atoms with Crippen LogP contribution in [0, 0.1) is 11.8 Å². The molecule has 0 unspecified atom stereocenters. The molecule has 1 saturated carbocycles. The number of Topliss-reactive ketones (excluding diaryl/α,β-unsaturated/α-hetero) is 1. The van der Waals surface area contributed by atoms with E-state index in [1.54, 1.807) is 7.11 Å². The van der Waals surface area contributed by atoms with Crippen LogP contribution in [0.2, 0.25) is 0 Å². The number of ether oxygens (including phenoxy) is 1. The number of ketones is 1. The molecular weight excluding hydrogens is 296 g/mol. The van der Waals surface area contributed by atoms with Gasteiger partial charge in [0.25, 0.3) is 0 Å². The predicted molar refractivity (Wildman–Crippen MR) is 93.2 cm³/mol. The predicted octanol–water partition coefficient (Wildman–Crippen LogP) is 4.06. The van der Waals surface area contributed by atoms with E-state index in [0.717, 1.165) is 6.42 Å². The fourth-order valence-corrected chi connectivity index (χ4v) is 6.11. The topological polar surface area (TPSA) is 26.3 Å². The molecule has 0 amide bonds. The van der Waals surface area contributed by atoms with Gasteiger partial charge in [0.2, 0.25) is 0 Å². The van der Waals surface area contributed by atoms with Crippen LogP contribution in [-0.4, -0.2) is 19.0 Å². The van der Waals surface area contributed by atoms with Crippen molar-refractivity contribution in [3.8, 4) is 0 Å². The van der Waals surface area contributed by atoms with E-state index in [4.69, 9.17) is 4.74 Å². The molecule has 0 heterocycles. The molecule has 0 aliphatic heterocycles. The molecule has 4 aliphatic rings. The molecule has 0 aromatic heterocycles. The Balaban J connectivity index is 1.93. The monoisotopic (exact) mass is 318 g/mol. The fourth-order valence-electron chi connectivity index (χ4n) is 6.11. The summed E-state index contributed by atoms with van der Waals surface area (Å²) in [5.41, 5.74) is 5.26. The maximum atomic E-state index is 12.8. The van der Waals surface area contributed by atoms with Gasteiger partial charge < -0.3 is 4.74 Å². The van der Waals surface area contributed by atoms with Crippen LogP contribution in [0.1, 0.15) is 47.9 Å². The van der Waals surface area contributed by atoms with E-state index in [9.17, 15) is 4.79 Å². The summed E-state index contributed by atoms with van der Waals surface area (Å²) in [6.45, 7) is 2.18. The zero-order valence-corrected chi connectivity index (χ0v) is 14.2. The largest absolute Gasteiger partial charge is 0.380 e. The fraction of sp³-hybridized carbons (Fsp3) is 0.409. The molecule has 0 saturated heterocycles. The minimum atomic E-state index is -0.201. The van der Waals surface area contributed by atoms with Crippen LogP contribution >= 0.6 is 0 Å². The third-order valence-electron chi connectivity index (χ3n) is 6.93. The van der Waals surface area contributed by atoms with Crippen molar-refractivity contribution in [3.63, 3.8) is 0 Å². The molecule has 2 aromatic rings. The smallest absolute Gasteiger partial charge is 0.137 e. The Morgan fingerprint density at radius 2 is 1.62 bits per heavy atom. The summed E-state index contributed by atoms with van der Waals surface area (Å²) in [5, 5.41) is 0. The van der Waals surface area contributed by atoms with Gasteiger partial charge in [-0.15, -0.1) is 0 Å². The number of hydrogen-bond donors (Lipinski definition) is 0. The normalized spacial score (nSPS) is 33.8. The summed E-state index contributed by atoms with van der Waals surface area (Å²) in [6.07, 6.45) is 1.74. The zero-order chi connectivity index (χ0) is 16.5. The van der Waals surface area contributed by atoms with Gasteiger partial charge in [-0.25, -0.2) is 0 Å². The van der Waals surface area contributed by atoms with Gasteiger partial charge in [0.05, 0.1) is 11.5 Å².